The molecule has 1 amide bonds. The molecule has 0 aromatic rings. The number of likely N-dealkylation sites (tertiary alicyclic amines) is 1. The van der Waals surface area contributed by atoms with E-state index in [0.29, 0.717) is 17.8 Å². The van der Waals surface area contributed by atoms with Crippen molar-refractivity contribution in [3.05, 3.63) is 0 Å². The van der Waals surface area contributed by atoms with Gasteiger partial charge >= 0.3 is 0 Å². The molecule has 3 heteroatoms. The molecule has 2 aliphatic rings. The molecule has 1 saturated carbocycles. The molecule has 0 aromatic carbocycles. The zero-order valence-corrected chi connectivity index (χ0v) is 12.1. The molecule has 0 spiro atoms. The first-order chi connectivity index (χ1) is 8.81. The van der Waals surface area contributed by atoms with Gasteiger partial charge in [-0.15, -0.1) is 11.6 Å². The molecular formula is C15H26ClNO. The van der Waals surface area contributed by atoms with Crippen molar-refractivity contribution >= 4 is 17.5 Å². The minimum absolute atomic E-state index is 0.386. The predicted molar refractivity (Wildman–Crippen MR) is 75.9 cm³/mol. The van der Waals surface area contributed by atoms with Crippen LogP contribution in [0.15, 0.2) is 0 Å². The molecule has 104 valence electrons. The summed E-state index contributed by atoms with van der Waals surface area (Å²) in [6.07, 6.45) is 11.9. The van der Waals surface area contributed by atoms with Gasteiger partial charge in [0.1, 0.15) is 0 Å². The number of piperidine rings is 1. The van der Waals surface area contributed by atoms with Crippen LogP contribution in [-0.2, 0) is 4.79 Å². The summed E-state index contributed by atoms with van der Waals surface area (Å²) in [4.78, 5) is 14.4. The van der Waals surface area contributed by atoms with Crippen molar-refractivity contribution in [1.82, 2.24) is 4.90 Å². The van der Waals surface area contributed by atoms with Crippen LogP contribution in [0.3, 0.4) is 0 Å². The van der Waals surface area contributed by atoms with Gasteiger partial charge in [-0.3, -0.25) is 4.79 Å². The van der Waals surface area contributed by atoms with Crippen LogP contribution >= 0.6 is 11.6 Å². The van der Waals surface area contributed by atoms with Gasteiger partial charge in [-0.05, 0) is 38.0 Å². The smallest absolute Gasteiger partial charge is 0.222 e. The summed E-state index contributed by atoms with van der Waals surface area (Å²) in [5.41, 5.74) is 0. The number of rotatable bonds is 5. The Morgan fingerprint density at radius 3 is 2.50 bits per heavy atom. The fraction of sp³-hybridized carbons (Fsp3) is 0.933. The molecule has 1 aliphatic heterocycles. The van der Waals surface area contributed by atoms with Crippen molar-refractivity contribution in [1.29, 1.82) is 0 Å². The number of carbonyl (C=O) groups excluding carboxylic acids is 1. The highest BCUT2D eigenvalue weighted by Gasteiger charge is 2.26. The average molecular weight is 272 g/mol. The van der Waals surface area contributed by atoms with Gasteiger partial charge in [0.05, 0.1) is 0 Å². The largest absolute Gasteiger partial charge is 0.340 e. The molecule has 0 N–H and O–H groups in total. The van der Waals surface area contributed by atoms with Gasteiger partial charge in [0.25, 0.3) is 0 Å². The highest BCUT2D eigenvalue weighted by Crippen LogP contribution is 2.29. The van der Waals surface area contributed by atoms with Crippen molar-refractivity contribution in [3.63, 3.8) is 0 Å². The third kappa shape index (κ3) is 3.88. The lowest BCUT2D eigenvalue weighted by atomic mass is 9.97. The van der Waals surface area contributed by atoms with E-state index in [4.69, 9.17) is 11.6 Å². The van der Waals surface area contributed by atoms with E-state index in [2.05, 4.69) is 4.90 Å². The van der Waals surface area contributed by atoms with Gasteiger partial charge in [-0.1, -0.05) is 25.7 Å². The van der Waals surface area contributed by atoms with Gasteiger partial charge < -0.3 is 4.90 Å². The molecule has 2 nitrogen and oxygen atoms in total. The minimum atomic E-state index is 0.386. The fourth-order valence-corrected chi connectivity index (χ4v) is 3.78. The van der Waals surface area contributed by atoms with Crippen LogP contribution in [0.2, 0.25) is 0 Å². The van der Waals surface area contributed by atoms with Crippen LogP contribution in [0.1, 0.15) is 64.2 Å². The molecule has 1 heterocycles. The fourth-order valence-electron chi connectivity index (χ4n) is 3.53. The predicted octanol–water partition coefficient (Wildman–Crippen LogP) is 3.97. The zero-order chi connectivity index (χ0) is 12.8. The second-order valence-corrected chi connectivity index (χ2v) is 6.28. The molecule has 0 radical (unpaired) electrons. The summed E-state index contributed by atoms with van der Waals surface area (Å²) in [5.74, 6) is 1.89. The van der Waals surface area contributed by atoms with E-state index in [-0.39, 0.29) is 0 Å². The van der Waals surface area contributed by atoms with Gasteiger partial charge in [0.2, 0.25) is 5.91 Å². The summed E-state index contributed by atoms with van der Waals surface area (Å²) in [6.45, 7) is 0.963. The first kappa shape index (κ1) is 14.2. The lowest BCUT2D eigenvalue weighted by molar-refractivity contribution is -0.135. The molecule has 1 atom stereocenters. The Morgan fingerprint density at radius 1 is 1.06 bits per heavy atom. The lowest BCUT2D eigenvalue weighted by Crippen LogP contribution is -2.44. The number of carbonyl (C=O) groups is 1. The Kier molecular flexibility index (Phi) is 5.81. The highest BCUT2D eigenvalue weighted by molar-refractivity contribution is 6.17. The van der Waals surface area contributed by atoms with E-state index in [1.54, 1.807) is 0 Å². The average Bonchev–Trinajstić information content (AvgIpc) is 2.90. The number of hydrogen-bond acceptors (Lipinski definition) is 1. The van der Waals surface area contributed by atoms with E-state index in [0.717, 1.165) is 38.1 Å². The SMILES string of the molecule is O=C(CCC1CCCC1)N1CCCCC1CCCl. The van der Waals surface area contributed by atoms with Gasteiger partial charge in [-0.2, -0.15) is 0 Å². The first-order valence-electron chi connectivity index (χ1n) is 7.66. The maximum Gasteiger partial charge on any atom is 0.222 e. The molecular weight excluding hydrogens is 246 g/mol. The van der Waals surface area contributed by atoms with Crippen LogP contribution in [0.5, 0.6) is 0 Å². The first-order valence-corrected chi connectivity index (χ1v) is 8.20. The van der Waals surface area contributed by atoms with Crippen LogP contribution in [-0.4, -0.2) is 29.3 Å². The van der Waals surface area contributed by atoms with Crippen LogP contribution in [0.25, 0.3) is 0 Å². The van der Waals surface area contributed by atoms with Crippen molar-refractivity contribution < 1.29 is 4.79 Å². The van der Waals surface area contributed by atoms with Crippen LogP contribution in [0, 0.1) is 5.92 Å². The third-order valence-electron chi connectivity index (χ3n) is 4.63. The quantitative estimate of drug-likeness (QED) is 0.693. The van der Waals surface area contributed by atoms with Crippen LogP contribution < -0.4 is 0 Å². The molecule has 1 unspecified atom stereocenters. The second-order valence-electron chi connectivity index (χ2n) is 5.90. The normalized spacial score (nSPS) is 25.6. The highest BCUT2D eigenvalue weighted by atomic mass is 35.5. The number of nitrogens with zero attached hydrogens (tertiary/aromatic N) is 1. The Bertz CT molecular complexity index is 261. The van der Waals surface area contributed by atoms with Gasteiger partial charge in [0.15, 0.2) is 0 Å². The topological polar surface area (TPSA) is 20.3 Å². The molecule has 2 rings (SSSR count). The molecule has 0 aromatic heterocycles. The summed E-state index contributed by atoms with van der Waals surface area (Å²) in [5, 5.41) is 0. The lowest BCUT2D eigenvalue weighted by Gasteiger charge is -2.36. The summed E-state index contributed by atoms with van der Waals surface area (Å²) < 4.78 is 0. The Morgan fingerprint density at radius 2 is 1.78 bits per heavy atom. The summed E-state index contributed by atoms with van der Waals surface area (Å²) in [7, 11) is 0. The maximum atomic E-state index is 12.3. The number of hydrogen-bond donors (Lipinski definition) is 0. The number of halogens is 1. The molecule has 2 fully saturated rings. The third-order valence-corrected chi connectivity index (χ3v) is 4.85. The Balaban J connectivity index is 1.77. The Labute approximate surface area is 116 Å². The number of amides is 1. The molecule has 1 saturated heterocycles. The molecule has 18 heavy (non-hydrogen) atoms. The standard InChI is InChI=1S/C15H26ClNO/c16-11-10-14-7-3-4-12-17(14)15(18)9-8-13-5-1-2-6-13/h13-14H,1-12H2. The monoisotopic (exact) mass is 271 g/mol. The van der Waals surface area contributed by atoms with E-state index < -0.39 is 0 Å². The van der Waals surface area contributed by atoms with E-state index in [1.807, 2.05) is 0 Å². The van der Waals surface area contributed by atoms with Gasteiger partial charge in [-0.25, -0.2) is 0 Å². The summed E-state index contributed by atoms with van der Waals surface area (Å²) >= 11 is 5.85. The zero-order valence-electron chi connectivity index (χ0n) is 11.4. The Hall–Kier alpha value is -0.240. The van der Waals surface area contributed by atoms with Crippen molar-refractivity contribution in [2.24, 2.45) is 5.92 Å². The second kappa shape index (κ2) is 7.37. The van der Waals surface area contributed by atoms with Crippen molar-refractivity contribution in [2.75, 3.05) is 12.4 Å². The molecule has 1 aliphatic carbocycles. The number of alkyl halides is 1. The summed E-state index contributed by atoms with van der Waals surface area (Å²) in [6, 6.07) is 0.423. The van der Waals surface area contributed by atoms with Gasteiger partial charge in [0, 0.05) is 24.9 Å². The van der Waals surface area contributed by atoms with Crippen molar-refractivity contribution in [2.45, 2.75) is 70.3 Å². The molecule has 0 bridgehead atoms. The van der Waals surface area contributed by atoms with Crippen LogP contribution in [0.4, 0.5) is 0 Å². The minimum Gasteiger partial charge on any atom is -0.340 e. The maximum absolute atomic E-state index is 12.3. The van der Waals surface area contributed by atoms with E-state index in [1.165, 1.54) is 38.5 Å². The van der Waals surface area contributed by atoms with E-state index >= 15 is 0 Å². The van der Waals surface area contributed by atoms with E-state index in [9.17, 15) is 4.79 Å². The van der Waals surface area contributed by atoms with Crippen molar-refractivity contribution in [3.8, 4) is 0 Å².